The van der Waals surface area contributed by atoms with Crippen molar-refractivity contribution in [3.63, 3.8) is 0 Å². The molecule has 2 aromatic carbocycles. The van der Waals surface area contributed by atoms with Crippen LogP contribution in [0.15, 0.2) is 48.5 Å². The smallest absolute Gasteiger partial charge is 0.338 e. The molecule has 2 rings (SSSR count). The second-order valence-corrected chi connectivity index (χ2v) is 4.70. The molecule has 0 fully saturated rings. The lowest BCUT2D eigenvalue weighted by atomic mass is 10.2. The van der Waals surface area contributed by atoms with Crippen LogP contribution in [0.1, 0.15) is 27.6 Å². The molecule has 0 saturated heterocycles. The number of hydrogen-bond donors (Lipinski definition) is 1. The van der Waals surface area contributed by atoms with Crippen molar-refractivity contribution >= 4 is 29.2 Å². The van der Waals surface area contributed by atoms with E-state index < -0.39 is 0 Å². The fraction of sp³-hybridized carbons (Fsp3) is 0.125. The van der Waals surface area contributed by atoms with E-state index >= 15 is 0 Å². The van der Waals surface area contributed by atoms with Crippen molar-refractivity contribution in [1.29, 1.82) is 0 Å². The first-order valence-electron chi connectivity index (χ1n) is 6.44. The van der Waals surface area contributed by atoms with Crippen molar-refractivity contribution in [2.24, 2.45) is 0 Å². The summed E-state index contributed by atoms with van der Waals surface area (Å²) >= 11 is 5.77. The highest BCUT2D eigenvalue weighted by molar-refractivity contribution is 6.30. The summed E-state index contributed by atoms with van der Waals surface area (Å²) in [4.78, 5) is 23.5. The second kappa shape index (κ2) is 6.90. The second-order valence-electron chi connectivity index (χ2n) is 4.26. The summed E-state index contributed by atoms with van der Waals surface area (Å²) < 4.78 is 4.89. The van der Waals surface area contributed by atoms with Gasteiger partial charge in [-0.15, -0.1) is 0 Å². The van der Waals surface area contributed by atoms with Crippen molar-refractivity contribution in [2.75, 3.05) is 11.9 Å². The number of anilines is 1. The highest BCUT2D eigenvalue weighted by Gasteiger charge is 2.08. The van der Waals surface area contributed by atoms with Crippen LogP contribution in [-0.4, -0.2) is 18.5 Å². The minimum atomic E-state index is -0.381. The Hall–Kier alpha value is -2.33. The molecule has 0 radical (unpaired) electrons. The van der Waals surface area contributed by atoms with Crippen LogP contribution in [0.5, 0.6) is 0 Å². The van der Waals surface area contributed by atoms with Gasteiger partial charge in [-0.25, -0.2) is 4.79 Å². The molecule has 1 amide bonds. The molecule has 0 saturated carbocycles. The predicted octanol–water partition coefficient (Wildman–Crippen LogP) is 3.77. The van der Waals surface area contributed by atoms with Crippen LogP contribution in [-0.2, 0) is 4.74 Å². The molecule has 0 aliphatic carbocycles. The first-order chi connectivity index (χ1) is 10.1. The summed E-state index contributed by atoms with van der Waals surface area (Å²) in [6.45, 7) is 2.08. The van der Waals surface area contributed by atoms with E-state index in [9.17, 15) is 9.59 Å². The van der Waals surface area contributed by atoms with Gasteiger partial charge in [-0.2, -0.15) is 0 Å². The standard InChI is InChI=1S/C16H14ClNO3/c1-2-21-16(20)12-5-9-14(10-6-12)18-15(19)11-3-7-13(17)8-4-11/h3-10H,2H2,1H3,(H,18,19). The average molecular weight is 304 g/mol. The topological polar surface area (TPSA) is 55.4 Å². The maximum absolute atomic E-state index is 12.0. The Morgan fingerprint density at radius 3 is 2.14 bits per heavy atom. The maximum atomic E-state index is 12.0. The third kappa shape index (κ3) is 4.07. The van der Waals surface area contributed by atoms with Gasteiger partial charge in [0.1, 0.15) is 0 Å². The molecule has 0 bridgehead atoms. The van der Waals surface area contributed by atoms with Gasteiger partial charge in [0.05, 0.1) is 12.2 Å². The van der Waals surface area contributed by atoms with E-state index in [1.807, 2.05) is 0 Å². The first kappa shape index (κ1) is 15.1. The van der Waals surface area contributed by atoms with Gasteiger partial charge in [0.25, 0.3) is 5.91 Å². The summed E-state index contributed by atoms with van der Waals surface area (Å²) in [5, 5.41) is 3.32. The molecule has 0 aliphatic heterocycles. The third-order valence-electron chi connectivity index (χ3n) is 2.76. The van der Waals surface area contributed by atoms with Crippen molar-refractivity contribution in [3.05, 3.63) is 64.7 Å². The van der Waals surface area contributed by atoms with Gasteiger partial charge < -0.3 is 10.1 Å². The molecule has 21 heavy (non-hydrogen) atoms. The van der Waals surface area contributed by atoms with Crippen molar-refractivity contribution < 1.29 is 14.3 Å². The lowest BCUT2D eigenvalue weighted by Gasteiger charge is -2.06. The first-order valence-corrected chi connectivity index (χ1v) is 6.82. The van der Waals surface area contributed by atoms with E-state index in [1.165, 1.54) is 0 Å². The van der Waals surface area contributed by atoms with Crippen LogP contribution in [0.4, 0.5) is 5.69 Å². The minimum Gasteiger partial charge on any atom is -0.462 e. The fourth-order valence-corrected chi connectivity index (χ4v) is 1.83. The summed E-state index contributed by atoms with van der Waals surface area (Å²) in [7, 11) is 0. The predicted molar refractivity (Wildman–Crippen MR) is 81.8 cm³/mol. The number of hydrogen-bond acceptors (Lipinski definition) is 3. The molecular weight excluding hydrogens is 290 g/mol. The van der Waals surface area contributed by atoms with Gasteiger partial charge in [0.15, 0.2) is 0 Å². The number of carbonyl (C=O) groups is 2. The van der Waals surface area contributed by atoms with E-state index in [1.54, 1.807) is 55.5 Å². The molecule has 0 heterocycles. The highest BCUT2D eigenvalue weighted by Crippen LogP contribution is 2.14. The summed E-state index contributed by atoms with van der Waals surface area (Å²) in [5.41, 5.74) is 1.55. The van der Waals surface area contributed by atoms with Crippen LogP contribution in [0, 0.1) is 0 Å². The molecule has 108 valence electrons. The van der Waals surface area contributed by atoms with Crippen molar-refractivity contribution in [1.82, 2.24) is 0 Å². The normalized spacial score (nSPS) is 10.0. The summed E-state index contributed by atoms with van der Waals surface area (Å²) in [5.74, 6) is -0.622. The third-order valence-corrected chi connectivity index (χ3v) is 3.01. The quantitative estimate of drug-likeness (QED) is 0.875. The summed E-state index contributed by atoms with van der Waals surface area (Å²) in [6, 6.07) is 13.1. The van der Waals surface area contributed by atoms with Gasteiger partial charge >= 0.3 is 5.97 Å². The Morgan fingerprint density at radius 2 is 1.57 bits per heavy atom. The highest BCUT2D eigenvalue weighted by atomic mass is 35.5. The van der Waals surface area contributed by atoms with E-state index in [4.69, 9.17) is 16.3 Å². The number of esters is 1. The SMILES string of the molecule is CCOC(=O)c1ccc(NC(=O)c2ccc(Cl)cc2)cc1. The number of benzene rings is 2. The monoisotopic (exact) mass is 303 g/mol. The zero-order valence-corrected chi connectivity index (χ0v) is 12.2. The molecule has 0 spiro atoms. The number of amides is 1. The Morgan fingerprint density at radius 1 is 1.00 bits per heavy atom. The Bertz CT molecular complexity index is 636. The zero-order valence-electron chi connectivity index (χ0n) is 11.4. The van der Waals surface area contributed by atoms with Gasteiger partial charge in [-0.3, -0.25) is 4.79 Å². The lowest BCUT2D eigenvalue weighted by Crippen LogP contribution is -2.12. The lowest BCUT2D eigenvalue weighted by molar-refractivity contribution is 0.0526. The molecular formula is C16H14ClNO3. The van der Waals surface area contributed by atoms with Gasteiger partial charge in [0, 0.05) is 16.3 Å². The Balaban J connectivity index is 2.04. The largest absolute Gasteiger partial charge is 0.462 e. The molecule has 0 aromatic heterocycles. The van der Waals surface area contributed by atoms with Crippen molar-refractivity contribution in [3.8, 4) is 0 Å². The van der Waals surface area contributed by atoms with E-state index in [0.29, 0.717) is 28.4 Å². The zero-order chi connectivity index (χ0) is 15.2. The van der Waals surface area contributed by atoms with Gasteiger partial charge in [-0.05, 0) is 55.5 Å². The van der Waals surface area contributed by atoms with E-state index in [-0.39, 0.29) is 11.9 Å². The summed E-state index contributed by atoms with van der Waals surface area (Å²) in [6.07, 6.45) is 0. The fourth-order valence-electron chi connectivity index (χ4n) is 1.71. The van der Waals surface area contributed by atoms with Gasteiger partial charge in [0.2, 0.25) is 0 Å². The van der Waals surface area contributed by atoms with Crippen molar-refractivity contribution in [2.45, 2.75) is 6.92 Å². The Kier molecular flexibility index (Phi) is 4.95. The van der Waals surface area contributed by atoms with Crippen LogP contribution in [0.2, 0.25) is 5.02 Å². The van der Waals surface area contributed by atoms with E-state index in [2.05, 4.69) is 5.32 Å². The molecule has 2 aromatic rings. The van der Waals surface area contributed by atoms with E-state index in [0.717, 1.165) is 0 Å². The molecule has 4 nitrogen and oxygen atoms in total. The van der Waals surface area contributed by atoms with Crippen LogP contribution < -0.4 is 5.32 Å². The average Bonchev–Trinajstić information content (AvgIpc) is 2.49. The molecule has 0 atom stereocenters. The number of carbonyl (C=O) groups excluding carboxylic acids is 2. The van der Waals surface area contributed by atoms with Crippen LogP contribution >= 0.6 is 11.6 Å². The molecule has 5 heteroatoms. The van der Waals surface area contributed by atoms with Crippen LogP contribution in [0.3, 0.4) is 0 Å². The number of nitrogens with one attached hydrogen (secondary N) is 1. The van der Waals surface area contributed by atoms with Gasteiger partial charge in [-0.1, -0.05) is 11.6 Å². The maximum Gasteiger partial charge on any atom is 0.338 e. The molecule has 0 aliphatic rings. The Labute approximate surface area is 127 Å². The van der Waals surface area contributed by atoms with Crippen LogP contribution in [0.25, 0.3) is 0 Å². The number of ether oxygens (including phenoxy) is 1. The molecule has 0 unspecified atom stereocenters. The number of rotatable bonds is 4. The minimum absolute atomic E-state index is 0.240. The molecule has 1 N–H and O–H groups in total. The number of halogens is 1.